The molecule has 0 bridgehead atoms. The van der Waals surface area contributed by atoms with E-state index < -0.39 is 18.4 Å². The summed E-state index contributed by atoms with van der Waals surface area (Å²) in [6, 6.07) is 4.27. The zero-order chi connectivity index (χ0) is 11.4. The molecule has 0 heterocycles. The van der Waals surface area contributed by atoms with Crippen LogP contribution in [0.25, 0.3) is 0 Å². The lowest BCUT2D eigenvalue weighted by atomic mass is 10.1. The van der Waals surface area contributed by atoms with Crippen molar-refractivity contribution in [3.05, 3.63) is 35.4 Å². The third-order valence-corrected chi connectivity index (χ3v) is 1.99. The number of hydrogen-bond acceptors (Lipinski definition) is 3. The SMILES string of the molecule is COC(=O)c1ccc([C@H](N)C(F)F)cc1.Cl. The molecule has 0 unspecified atom stereocenters. The van der Waals surface area contributed by atoms with Gasteiger partial charge in [0.1, 0.15) is 0 Å². The van der Waals surface area contributed by atoms with E-state index in [0.29, 0.717) is 5.56 Å². The first-order valence-corrected chi connectivity index (χ1v) is 4.28. The fraction of sp³-hybridized carbons (Fsp3) is 0.300. The molecule has 2 N–H and O–H groups in total. The summed E-state index contributed by atoms with van der Waals surface area (Å²) in [5.41, 5.74) is 5.83. The zero-order valence-electron chi connectivity index (χ0n) is 8.52. The van der Waals surface area contributed by atoms with E-state index in [0.717, 1.165) is 0 Å². The van der Waals surface area contributed by atoms with Crippen LogP contribution in [0.3, 0.4) is 0 Å². The highest BCUT2D eigenvalue weighted by molar-refractivity contribution is 5.89. The summed E-state index contributed by atoms with van der Waals surface area (Å²) in [5.74, 6) is -0.507. The second-order valence-electron chi connectivity index (χ2n) is 2.97. The van der Waals surface area contributed by atoms with Crippen molar-refractivity contribution in [2.45, 2.75) is 12.5 Å². The lowest BCUT2D eigenvalue weighted by Gasteiger charge is -2.10. The van der Waals surface area contributed by atoms with E-state index in [-0.39, 0.29) is 18.0 Å². The van der Waals surface area contributed by atoms with E-state index in [2.05, 4.69) is 4.74 Å². The van der Waals surface area contributed by atoms with Crippen molar-refractivity contribution in [3.63, 3.8) is 0 Å². The normalized spacial score (nSPS) is 11.8. The van der Waals surface area contributed by atoms with Gasteiger partial charge in [-0.3, -0.25) is 0 Å². The molecule has 0 amide bonds. The smallest absolute Gasteiger partial charge is 0.337 e. The molecule has 1 aromatic rings. The topological polar surface area (TPSA) is 52.3 Å². The Kier molecular flexibility index (Phi) is 5.92. The van der Waals surface area contributed by atoms with Crippen LogP contribution in [-0.4, -0.2) is 19.5 Å². The van der Waals surface area contributed by atoms with Crippen LogP contribution in [0, 0.1) is 0 Å². The van der Waals surface area contributed by atoms with Crippen LogP contribution in [0.1, 0.15) is 22.0 Å². The van der Waals surface area contributed by atoms with Gasteiger partial charge in [0, 0.05) is 0 Å². The van der Waals surface area contributed by atoms with Gasteiger partial charge in [0.25, 0.3) is 6.43 Å². The van der Waals surface area contributed by atoms with Gasteiger partial charge in [-0.25, -0.2) is 13.6 Å². The van der Waals surface area contributed by atoms with Gasteiger partial charge >= 0.3 is 5.97 Å². The molecule has 0 saturated carbocycles. The predicted octanol–water partition coefficient (Wildman–Crippen LogP) is 2.16. The van der Waals surface area contributed by atoms with Gasteiger partial charge in [0.15, 0.2) is 0 Å². The summed E-state index contributed by atoms with van der Waals surface area (Å²) in [7, 11) is 1.25. The number of hydrogen-bond donors (Lipinski definition) is 1. The van der Waals surface area contributed by atoms with Crippen molar-refractivity contribution in [2.75, 3.05) is 7.11 Å². The van der Waals surface area contributed by atoms with E-state index >= 15 is 0 Å². The molecule has 90 valence electrons. The molecule has 0 aliphatic carbocycles. The number of esters is 1. The highest BCUT2D eigenvalue weighted by atomic mass is 35.5. The van der Waals surface area contributed by atoms with Crippen molar-refractivity contribution in [3.8, 4) is 0 Å². The maximum atomic E-state index is 12.2. The van der Waals surface area contributed by atoms with Crippen LogP contribution in [-0.2, 0) is 4.74 Å². The van der Waals surface area contributed by atoms with Crippen molar-refractivity contribution in [2.24, 2.45) is 5.73 Å². The van der Waals surface area contributed by atoms with Crippen LogP contribution in [0.15, 0.2) is 24.3 Å². The number of methoxy groups -OCH3 is 1. The van der Waals surface area contributed by atoms with E-state index in [9.17, 15) is 13.6 Å². The number of carbonyl (C=O) groups is 1. The van der Waals surface area contributed by atoms with Crippen LogP contribution >= 0.6 is 12.4 Å². The maximum Gasteiger partial charge on any atom is 0.337 e. The first-order valence-electron chi connectivity index (χ1n) is 4.28. The minimum absolute atomic E-state index is 0. The van der Waals surface area contributed by atoms with Gasteiger partial charge in [-0.05, 0) is 17.7 Å². The molecule has 0 radical (unpaired) electrons. The highest BCUT2D eigenvalue weighted by Gasteiger charge is 2.17. The van der Waals surface area contributed by atoms with Gasteiger partial charge < -0.3 is 10.5 Å². The first-order chi connectivity index (χ1) is 7.06. The average molecular weight is 252 g/mol. The maximum absolute atomic E-state index is 12.2. The van der Waals surface area contributed by atoms with E-state index in [1.54, 1.807) is 0 Å². The number of ether oxygens (including phenoxy) is 1. The summed E-state index contributed by atoms with van der Waals surface area (Å²) in [5, 5.41) is 0. The second kappa shape index (κ2) is 6.40. The molecule has 0 aromatic heterocycles. The molecule has 3 nitrogen and oxygen atoms in total. The largest absolute Gasteiger partial charge is 0.465 e. The number of halogens is 3. The lowest BCUT2D eigenvalue weighted by Crippen LogP contribution is -2.18. The van der Waals surface area contributed by atoms with Gasteiger partial charge in [-0.15, -0.1) is 12.4 Å². The number of rotatable bonds is 3. The average Bonchev–Trinajstić information content (AvgIpc) is 2.27. The monoisotopic (exact) mass is 251 g/mol. The van der Waals surface area contributed by atoms with Gasteiger partial charge in [0.05, 0.1) is 18.7 Å². The Morgan fingerprint density at radius 3 is 2.19 bits per heavy atom. The molecular weight excluding hydrogens is 240 g/mol. The van der Waals surface area contributed by atoms with Gasteiger partial charge in [-0.2, -0.15) is 0 Å². The minimum atomic E-state index is -2.62. The zero-order valence-corrected chi connectivity index (χ0v) is 9.34. The second-order valence-corrected chi connectivity index (χ2v) is 2.97. The molecule has 1 atom stereocenters. The van der Waals surface area contributed by atoms with E-state index in [4.69, 9.17) is 5.73 Å². The summed E-state index contributed by atoms with van der Waals surface area (Å²) in [6.45, 7) is 0. The quantitative estimate of drug-likeness (QED) is 0.838. The van der Waals surface area contributed by atoms with Crippen molar-refractivity contribution in [1.82, 2.24) is 0 Å². The minimum Gasteiger partial charge on any atom is -0.465 e. The fourth-order valence-corrected chi connectivity index (χ4v) is 1.10. The molecule has 0 spiro atoms. The van der Waals surface area contributed by atoms with Crippen molar-refractivity contribution < 1.29 is 18.3 Å². The fourth-order valence-electron chi connectivity index (χ4n) is 1.10. The molecule has 0 aliphatic heterocycles. The Bertz CT molecular complexity index is 343. The van der Waals surface area contributed by atoms with Gasteiger partial charge in [0.2, 0.25) is 0 Å². The van der Waals surface area contributed by atoms with Gasteiger partial charge in [-0.1, -0.05) is 12.1 Å². The standard InChI is InChI=1S/C10H11F2NO2.ClH/c1-15-10(14)7-4-2-6(3-5-7)8(13)9(11)12;/h2-5,8-9H,13H2,1H3;1H/t8-;/m0./s1. The summed E-state index contributed by atoms with van der Waals surface area (Å²) in [4.78, 5) is 11.0. The summed E-state index contributed by atoms with van der Waals surface area (Å²) in [6.07, 6.45) is -2.62. The number of benzene rings is 1. The molecule has 1 aromatic carbocycles. The van der Waals surface area contributed by atoms with E-state index in [1.165, 1.54) is 31.4 Å². The molecule has 0 fully saturated rings. The number of carbonyl (C=O) groups excluding carboxylic acids is 1. The van der Waals surface area contributed by atoms with Crippen LogP contribution in [0.2, 0.25) is 0 Å². The van der Waals surface area contributed by atoms with E-state index in [1.807, 2.05) is 0 Å². The number of nitrogens with two attached hydrogens (primary N) is 1. The van der Waals surface area contributed by atoms with Crippen LogP contribution < -0.4 is 5.73 Å². The Hall–Kier alpha value is -1.20. The predicted molar refractivity (Wildman–Crippen MR) is 58.0 cm³/mol. The third kappa shape index (κ3) is 3.43. The number of alkyl halides is 2. The van der Waals surface area contributed by atoms with Crippen LogP contribution in [0.5, 0.6) is 0 Å². The Balaban J connectivity index is 0.00000225. The Labute approximate surface area is 98.0 Å². The Morgan fingerprint density at radius 1 is 1.31 bits per heavy atom. The molecule has 0 saturated heterocycles. The third-order valence-electron chi connectivity index (χ3n) is 1.99. The molecule has 0 aliphatic rings. The molecule has 6 heteroatoms. The van der Waals surface area contributed by atoms with Crippen molar-refractivity contribution >= 4 is 18.4 Å². The molecular formula is C10H12ClF2NO2. The van der Waals surface area contributed by atoms with Crippen LogP contribution in [0.4, 0.5) is 8.78 Å². The molecule has 16 heavy (non-hydrogen) atoms. The molecule has 1 rings (SSSR count). The van der Waals surface area contributed by atoms with Crippen molar-refractivity contribution in [1.29, 1.82) is 0 Å². The summed E-state index contributed by atoms with van der Waals surface area (Å²) < 4.78 is 28.9. The summed E-state index contributed by atoms with van der Waals surface area (Å²) >= 11 is 0. The lowest BCUT2D eigenvalue weighted by molar-refractivity contribution is 0.0600. The first kappa shape index (κ1) is 14.8. The highest BCUT2D eigenvalue weighted by Crippen LogP contribution is 2.18. The Morgan fingerprint density at radius 2 is 1.81 bits per heavy atom.